The SMILES string of the molecule is COc1cccc(C[NH2+]Cc2cccs2)c1. The van der Waals surface area contributed by atoms with Crippen molar-refractivity contribution in [2.24, 2.45) is 0 Å². The minimum absolute atomic E-state index is 0.932. The van der Waals surface area contributed by atoms with Crippen LogP contribution in [0.4, 0.5) is 0 Å². The van der Waals surface area contributed by atoms with E-state index in [0.717, 1.165) is 18.8 Å². The largest absolute Gasteiger partial charge is 0.497 e. The van der Waals surface area contributed by atoms with Crippen molar-refractivity contribution >= 4 is 11.3 Å². The zero-order valence-electron chi connectivity index (χ0n) is 9.35. The van der Waals surface area contributed by atoms with Gasteiger partial charge in [0.25, 0.3) is 0 Å². The van der Waals surface area contributed by atoms with E-state index in [4.69, 9.17) is 4.74 Å². The molecule has 0 bridgehead atoms. The first-order valence-electron chi connectivity index (χ1n) is 5.35. The molecule has 0 saturated heterocycles. The van der Waals surface area contributed by atoms with Crippen molar-refractivity contribution in [1.29, 1.82) is 0 Å². The van der Waals surface area contributed by atoms with Gasteiger partial charge in [0.2, 0.25) is 0 Å². The number of quaternary nitrogens is 1. The summed E-state index contributed by atoms with van der Waals surface area (Å²) >= 11 is 1.81. The van der Waals surface area contributed by atoms with Gasteiger partial charge in [0.1, 0.15) is 18.8 Å². The van der Waals surface area contributed by atoms with Crippen LogP contribution in [0.3, 0.4) is 0 Å². The van der Waals surface area contributed by atoms with E-state index in [0.29, 0.717) is 0 Å². The Balaban J connectivity index is 1.85. The first kappa shape index (κ1) is 11.2. The lowest BCUT2D eigenvalue weighted by Crippen LogP contribution is -2.80. The monoisotopic (exact) mass is 234 g/mol. The van der Waals surface area contributed by atoms with Crippen molar-refractivity contribution in [3.8, 4) is 5.75 Å². The van der Waals surface area contributed by atoms with Gasteiger partial charge in [-0.25, -0.2) is 0 Å². The Kier molecular flexibility index (Phi) is 3.97. The van der Waals surface area contributed by atoms with Gasteiger partial charge >= 0.3 is 0 Å². The van der Waals surface area contributed by atoms with Gasteiger partial charge in [-0.05, 0) is 23.6 Å². The van der Waals surface area contributed by atoms with Crippen LogP contribution in [-0.2, 0) is 13.1 Å². The molecule has 0 saturated carbocycles. The molecule has 2 rings (SSSR count). The molecule has 0 spiro atoms. The van der Waals surface area contributed by atoms with Crippen LogP contribution in [0.25, 0.3) is 0 Å². The summed E-state index contributed by atoms with van der Waals surface area (Å²) in [6.07, 6.45) is 0. The number of hydrogen-bond donors (Lipinski definition) is 1. The van der Waals surface area contributed by atoms with E-state index >= 15 is 0 Å². The number of hydrogen-bond acceptors (Lipinski definition) is 2. The Morgan fingerprint density at radius 3 is 2.88 bits per heavy atom. The fraction of sp³-hybridized carbons (Fsp3) is 0.231. The summed E-state index contributed by atoms with van der Waals surface area (Å²) < 4.78 is 5.20. The van der Waals surface area contributed by atoms with Crippen LogP contribution < -0.4 is 10.1 Å². The van der Waals surface area contributed by atoms with Gasteiger partial charge in [-0.3, -0.25) is 0 Å². The van der Waals surface area contributed by atoms with E-state index < -0.39 is 0 Å². The summed E-state index contributed by atoms with van der Waals surface area (Å²) in [5.74, 6) is 0.932. The summed E-state index contributed by atoms with van der Waals surface area (Å²) in [7, 11) is 1.70. The summed E-state index contributed by atoms with van der Waals surface area (Å²) in [6.45, 7) is 2.05. The Morgan fingerprint density at radius 2 is 2.12 bits per heavy atom. The molecule has 0 atom stereocenters. The van der Waals surface area contributed by atoms with Gasteiger partial charge in [0, 0.05) is 5.56 Å². The summed E-state index contributed by atoms with van der Waals surface area (Å²) in [4.78, 5) is 1.42. The van der Waals surface area contributed by atoms with Gasteiger partial charge < -0.3 is 10.1 Å². The second-order valence-corrected chi connectivity index (χ2v) is 4.66. The van der Waals surface area contributed by atoms with Crippen molar-refractivity contribution in [3.05, 3.63) is 52.2 Å². The lowest BCUT2D eigenvalue weighted by Gasteiger charge is -2.03. The first-order valence-corrected chi connectivity index (χ1v) is 6.23. The minimum Gasteiger partial charge on any atom is -0.497 e. The number of thiophene rings is 1. The van der Waals surface area contributed by atoms with E-state index in [1.807, 2.05) is 23.5 Å². The molecule has 16 heavy (non-hydrogen) atoms. The molecular weight excluding hydrogens is 218 g/mol. The molecule has 0 unspecified atom stereocenters. The van der Waals surface area contributed by atoms with Gasteiger partial charge in [-0.2, -0.15) is 0 Å². The van der Waals surface area contributed by atoms with Gasteiger partial charge in [-0.15, -0.1) is 11.3 Å². The topological polar surface area (TPSA) is 25.8 Å². The Hall–Kier alpha value is -1.32. The third kappa shape index (κ3) is 3.08. The lowest BCUT2D eigenvalue weighted by molar-refractivity contribution is -0.685. The highest BCUT2D eigenvalue weighted by molar-refractivity contribution is 7.09. The van der Waals surface area contributed by atoms with Crippen LogP contribution in [0.5, 0.6) is 5.75 Å². The Labute approximate surface area is 99.9 Å². The van der Waals surface area contributed by atoms with Crippen LogP contribution >= 0.6 is 11.3 Å². The van der Waals surface area contributed by atoms with E-state index in [1.165, 1.54) is 10.4 Å². The predicted molar refractivity (Wildman–Crippen MR) is 66.6 cm³/mol. The first-order chi connectivity index (χ1) is 7.88. The molecule has 3 heteroatoms. The second-order valence-electron chi connectivity index (χ2n) is 3.63. The average molecular weight is 234 g/mol. The normalized spacial score (nSPS) is 10.3. The molecule has 0 aliphatic rings. The second kappa shape index (κ2) is 5.68. The highest BCUT2D eigenvalue weighted by Gasteiger charge is 1.99. The van der Waals surface area contributed by atoms with Crippen molar-refractivity contribution in [2.75, 3.05) is 7.11 Å². The summed E-state index contributed by atoms with van der Waals surface area (Å²) in [6, 6.07) is 12.5. The van der Waals surface area contributed by atoms with Gasteiger partial charge in [0.15, 0.2) is 0 Å². The number of ether oxygens (including phenoxy) is 1. The molecule has 0 amide bonds. The van der Waals surface area contributed by atoms with Crippen LogP contribution in [-0.4, -0.2) is 7.11 Å². The maximum Gasteiger partial charge on any atom is 0.119 e. The molecule has 84 valence electrons. The Bertz CT molecular complexity index is 425. The molecule has 0 radical (unpaired) electrons. The standard InChI is InChI=1S/C13H15NOS/c1-15-12-5-2-4-11(8-12)9-14-10-13-6-3-7-16-13/h2-8,14H,9-10H2,1H3/p+1. The van der Waals surface area contributed by atoms with E-state index in [1.54, 1.807) is 7.11 Å². The highest BCUT2D eigenvalue weighted by atomic mass is 32.1. The zero-order chi connectivity index (χ0) is 11.2. The number of nitrogens with two attached hydrogens (primary N) is 1. The molecule has 1 heterocycles. The quantitative estimate of drug-likeness (QED) is 0.841. The maximum atomic E-state index is 5.20. The van der Waals surface area contributed by atoms with Gasteiger partial charge in [-0.1, -0.05) is 18.2 Å². The van der Waals surface area contributed by atoms with Crippen molar-refractivity contribution in [1.82, 2.24) is 0 Å². The van der Waals surface area contributed by atoms with Crippen LogP contribution in [0.15, 0.2) is 41.8 Å². The van der Waals surface area contributed by atoms with Crippen LogP contribution in [0.2, 0.25) is 0 Å². The minimum atomic E-state index is 0.932. The molecule has 1 aromatic carbocycles. The predicted octanol–water partition coefficient (Wildman–Crippen LogP) is 2.02. The third-order valence-corrected chi connectivity index (χ3v) is 3.34. The van der Waals surface area contributed by atoms with Crippen LogP contribution in [0.1, 0.15) is 10.4 Å². The van der Waals surface area contributed by atoms with Crippen molar-refractivity contribution in [2.45, 2.75) is 13.1 Å². The smallest absolute Gasteiger partial charge is 0.119 e. The zero-order valence-corrected chi connectivity index (χ0v) is 10.2. The highest BCUT2D eigenvalue weighted by Crippen LogP contribution is 2.11. The van der Waals surface area contributed by atoms with Crippen molar-refractivity contribution in [3.63, 3.8) is 0 Å². The molecule has 0 fully saturated rings. The summed E-state index contributed by atoms with van der Waals surface area (Å²) in [5.41, 5.74) is 1.30. The molecule has 1 aromatic heterocycles. The molecular formula is C13H16NOS+. The summed E-state index contributed by atoms with van der Waals surface area (Å²) in [5, 5.41) is 4.43. The van der Waals surface area contributed by atoms with E-state index in [2.05, 4.69) is 35.0 Å². The van der Waals surface area contributed by atoms with Crippen LogP contribution in [0, 0.1) is 0 Å². The van der Waals surface area contributed by atoms with Gasteiger partial charge in [0.05, 0.1) is 12.0 Å². The lowest BCUT2D eigenvalue weighted by atomic mass is 10.2. The average Bonchev–Trinajstić information content (AvgIpc) is 2.82. The van der Waals surface area contributed by atoms with E-state index in [-0.39, 0.29) is 0 Å². The van der Waals surface area contributed by atoms with Crippen molar-refractivity contribution < 1.29 is 10.1 Å². The number of benzene rings is 1. The molecule has 0 aliphatic heterocycles. The fourth-order valence-corrected chi connectivity index (χ4v) is 2.31. The van der Waals surface area contributed by atoms with E-state index in [9.17, 15) is 0 Å². The molecule has 0 aliphatic carbocycles. The number of rotatable bonds is 5. The third-order valence-electron chi connectivity index (χ3n) is 2.44. The molecule has 2 nitrogen and oxygen atoms in total. The fourth-order valence-electron chi connectivity index (χ4n) is 1.61. The Morgan fingerprint density at radius 1 is 1.19 bits per heavy atom. The number of methoxy groups -OCH3 is 1. The molecule has 2 aromatic rings. The molecule has 2 N–H and O–H groups in total. The maximum absolute atomic E-state index is 5.20.